The van der Waals surface area contributed by atoms with Crippen LogP contribution in [0.2, 0.25) is 5.02 Å². The zero-order chi connectivity index (χ0) is 26.2. The minimum atomic E-state index is -4.19. The van der Waals surface area contributed by atoms with Crippen molar-refractivity contribution in [1.82, 2.24) is 0 Å². The molecule has 0 fully saturated rings. The molecule has 0 unspecified atom stereocenters. The number of rotatable bonds is 16. The second-order valence-corrected chi connectivity index (χ2v) is 9.88. The van der Waals surface area contributed by atoms with Crippen molar-refractivity contribution in [2.75, 3.05) is 0 Å². The van der Waals surface area contributed by atoms with Gasteiger partial charge in [-0.05, 0) is 44.2 Å². The number of carboxylic acid groups (broad SMARTS) is 1. The topological polar surface area (TPSA) is 141 Å². The highest BCUT2D eigenvalue weighted by Gasteiger charge is 2.19. The lowest BCUT2D eigenvalue weighted by Gasteiger charge is -2.07. The van der Waals surface area contributed by atoms with Crippen LogP contribution in [0.5, 0.6) is 0 Å². The van der Waals surface area contributed by atoms with Gasteiger partial charge in [0.15, 0.2) is 0 Å². The Bertz CT molecular complexity index is 702. The first-order valence-electron chi connectivity index (χ1n) is 11.8. The molecule has 6 N–H and O–H groups in total. The molecule has 0 heterocycles. The average molecular weight is 526 g/mol. The Morgan fingerprint density at radius 1 is 1.03 bits per heavy atom. The summed E-state index contributed by atoms with van der Waals surface area (Å²) in [5.41, 5.74) is 0. The molecule has 0 saturated carbocycles. The zero-order valence-corrected chi connectivity index (χ0v) is 21.8. The third-order valence-electron chi connectivity index (χ3n) is 4.89. The van der Waals surface area contributed by atoms with Crippen molar-refractivity contribution in [1.29, 1.82) is 0 Å². The minimum absolute atomic E-state index is 0.0980. The summed E-state index contributed by atoms with van der Waals surface area (Å²) in [6.45, 7) is 2.20. The molecular weight excluding hydrogens is 484 g/mol. The number of benzene rings is 1. The number of allylic oxidation sites excluding steroid dienone is 1. The number of hydrogen-bond acceptors (Lipinski definition) is 4. The molecule has 0 aliphatic rings. The molecular formula is C24H42ClFNO6P. The van der Waals surface area contributed by atoms with Gasteiger partial charge in [-0.15, -0.1) is 4.48 Å². The number of carboxylic acids is 1. The first kappa shape index (κ1) is 34.9. The Morgan fingerprint density at radius 2 is 1.62 bits per heavy atom. The maximum absolute atomic E-state index is 10.7. The van der Waals surface area contributed by atoms with Crippen molar-refractivity contribution in [3.05, 3.63) is 41.4 Å². The summed E-state index contributed by atoms with van der Waals surface area (Å²) in [5.74, 6) is 2.31. The molecule has 0 aromatic heterocycles. The zero-order valence-electron chi connectivity index (χ0n) is 20.1. The van der Waals surface area contributed by atoms with Crippen LogP contribution >= 0.6 is 19.2 Å². The van der Waals surface area contributed by atoms with Crippen LogP contribution in [0.25, 0.3) is 0 Å². The highest BCUT2D eigenvalue weighted by atomic mass is 35.5. The normalized spacial score (nSPS) is 11.9. The van der Waals surface area contributed by atoms with E-state index in [2.05, 4.69) is 25.0 Å². The summed E-state index contributed by atoms with van der Waals surface area (Å²) >= 11 is 5.52. The van der Waals surface area contributed by atoms with Crippen molar-refractivity contribution in [2.45, 2.75) is 96.5 Å². The van der Waals surface area contributed by atoms with Gasteiger partial charge >= 0.3 is 13.6 Å². The summed E-state index contributed by atoms with van der Waals surface area (Å²) in [7, 11) is -4.19. The van der Waals surface area contributed by atoms with Crippen molar-refractivity contribution < 1.29 is 33.8 Å². The second kappa shape index (κ2) is 23.5. The fourth-order valence-electron chi connectivity index (χ4n) is 3.05. The fourth-order valence-corrected chi connectivity index (χ4v) is 4.15. The van der Waals surface area contributed by atoms with Crippen molar-refractivity contribution >= 4 is 30.5 Å². The summed E-state index contributed by atoms with van der Waals surface area (Å²) in [6, 6.07) is 5.89. The van der Waals surface area contributed by atoms with Gasteiger partial charge in [0.25, 0.3) is 0 Å². The van der Waals surface area contributed by atoms with Gasteiger partial charge in [-0.25, -0.2) is 0 Å². The lowest BCUT2D eigenvalue weighted by atomic mass is 10.1. The van der Waals surface area contributed by atoms with E-state index in [1.165, 1.54) is 43.9 Å². The third-order valence-corrected chi connectivity index (χ3v) is 6.37. The monoisotopic (exact) mass is 525 g/mol. The van der Waals surface area contributed by atoms with Gasteiger partial charge in [-0.1, -0.05) is 87.8 Å². The quantitative estimate of drug-likeness (QED) is 0.0765. The highest BCUT2D eigenvalue weighted by Crippen LogP contribution is 2.35. The van der Waals surface area contributed by atoms with Crippen molar-refractivity contribution in [3.63, 3.8) is 0 Å². The largest absolute Gasteiger partial charge is 0.481 e. The summed E-state index contributed by atoms with van der Waals surface area (Å²) < 4.78 is 19.7. The smallest absolute Gasteiger partial charge is 0.357 e. The lowest BCUT2D eigenvalue weighted by Crippen LogP contribution is -2.04. The molecule has 7 nitrogen and oxygen atoms in total. The molecule has 1 atom stereocenters. The fraction of sp³-hybridized carbons (Fsp3) is 0.625. The Morgan fingerprint density at radius 3 is 2.18 bits per heavy atom. The van der Waals surface area contributed by atoms with Crippen LogP contribution in [0, 0.1) is 0 Å². The number of aliphatic hydroxyl groups is 1. The number of hydrogen-bond donors (Lipinski definition) is 5. The van der Waals surface area contributed by atoms with Crippen molar-refractivity contribution in [2.24, 2.45) is 5.96 Å². The molecule has 0 aliphatic carbocycles. The first-order valence-corrected chi connectivity index (χ1v) is 13.7. The molecule has 1 aromatic rings. The SMILES string of the molecule is CCCCCC[C@@H](O)C/C=C\CCCCCCCC(=O)O.NF.O=P(O)(O)c1ccccc1Cl. The van der Waals surface area contributed by atoms with Crippen LogP contribution in [-0.4, -0.2) is 32.1 Å². The molecule has 198 valence electrons. The van der Waals surface area contributed by atoms with Crippen LogP contribution in [0.4, 0.5) is 4.48 Å². The molecule has 0 saturated heterocycles. The van der Waals surface area contributed by atoms with E-state index in [0.29, 0.717) is 6.42 Å². The van der Waals surface area contributed by atoms with Crippen LogP contribution in [0.1, 0.15) is 90.4 Å². The van der Waals surface area contributed by atoms with E-state index >= 15 is 0 Å². The minimum Gasteiger partial charge on any atom is -0.481 e. The number of aliphatic carboxylic acids is 1. The standard InChI is InChI=1S/C18H34O3.C6H6ClO3P.FH2N/c1-2-3-4-11-14-17(19)15-12-9-7-5-6-8-10-13-16-18(20)21;7-5-3-1-2-4-6(5)11(8,9)10;1-2/h9,12,17,19H,2-8,10-11,13-16H2,1H3,(H,20,21);1-4H,(H2,8,9,10);2H2/b12-9-;;/t17-;;/m1../s1. The molecule has 0 aliphatic heterocycles. The van der Waals surface area contributed by atoms with Gasteiger partial charge in [0.05, 0.1) is 16.4 Å². The van der Waals surface area contributed by atoms with E-state index in [4.69, 9.17) is 31.0 Å². The molecule has 34 heavy (non-hydrogen) atoms. The number of aliphatic hydroxyl groups excluding tert-OH is 1. The lowest BCUT2D eigenvalue weighted by molar-refractivity contribution is -0.137. The van der Waals surface area contributed by atoms with E-state index in [0.717, 1.165) is 51.4 Å². The van der Waals surface area contributed by atoms with E-state index in [9.17, 15) is 14.5 Å². The van der Waals surface area contributed by atoms with Gasteiger partial charge in [0, 0.05) is 6.42 Å². The number of unbranched alkanes of at least 4 members (excludes halogenated alkanes) is 8. The predicted molar refractivity (Wildman–Crippen MR) is 137 cm³/mol. The Labute approximate surface area is 208 Å². The van der Waals surface area contributed by atoms with Gasteiger partial charge in [0.2, 0.25) is 0 Å². The molecule has 10 heteroatoms. The molecule has 1 rings (SSSR count). The molecule has 0 radical (unpaired) electrons. The number of carbonyl (C=O) groups is 1. The van der Waals surface area contributed by atoms with Crippen LogP contribution in [0.15, 0.2) is 36.4 Å². The average Bonchev–Trinajstić information content (AvgIpc) is 2.79. The van der Waals surface area contributed by atoms with E-state index in [1.807, 2.05) is 0 Å². The maximum Gasteiger partial charge on any atom is 0.357 e. The molecule has 1 aromatic carbocycles. The van der Waals surface area contributed by atoms with E-state index < -0.39 is 13.6 Å². The molecule has 0 bridgehead atoms. The highest BCUT2D eigenvalue weighted by molar-refractivity contribution is 7.60. The molecule has 0 amide bonds. The van der Waals surface area contributed by atoms with Gasteiger partial charge in [-0.2, -0.15) is 5.96 Å². The number of nitrogens with two attached hydrogens (primary N) is 1. The molecule has 0 spiro atoms. The van der Waals surface area contributed by atoms with Crippen LogP contribution in [0.3, 0.4) is 0 Å². The predicted octanol–water partition coefficient (Wildman–Crippen LogP) is 6.05. The number of halogens is 2. The Kier molecular flexibility index (Phi) is 24.1. The van der Waals surface area contributed by atoms with E-state index in [1.54, 1.807) is 6.07 Å². The van der Waals surface area contributed by atoms with Crippen LogP contribution < -0.4 is 11.3 Å². The Hall–Kier alpha value is -1.28. The van der Waals surface area contributed by atoms with Crippen molar-refractivity contribution in [3.8, 4) is 0 Å². The van der Waals surface area contributed by atoms with Gasteiger partial charge in [-0.3, -0.25) is 9.36 Å². The summed E-state index contributed by atoms with van der Waals surface area (Å²) in [4.78, 5) is 27.7. The third kappa shape index (κ3) is 22.5. The Balaban J connectivity index is 0. The summed E-state index contributed by atoms with van der Waals surface area (Å²) in [6.07, 6.45) is 17.4. The second-order valence-electron chi connectivity index (χ2n) is 7.91. The maximum atomic E-state index is 10.7. The van der Waals surface area contributed by atoms with E-state index in [-0.39, 0.29) is 16.4 Å². The van der Waals surface area contributed by atoms with Crippen LogP contribution in [-0.2, 0) is 9.36 Å². The van der Waals surface area contributed by atoms with Gasteiger partial charge < -0.3 is 20.0 Å². The first-order chi connectivity index (χ1) is 16.2. The van der Waals surface area contributed by atoms with Gasteiger partial charge in [0.1, 0.15) is 0 Å². The summed E-state index contributed by atoms with van der Waals surface area (Å²) in [5, 5.41) is 18.3.